The molecule has 1 aromatic heterocycles. The lowest BCUT2D eigenvalue weighted by atomic mass is 10.1. The number of nitrogen functional groups attached to an aromatic ring is 1. The highest BCUT2D eigenvalue weighted by molar-refractivity contribution is 5.92. The molecule has 4 N–H and O–H groups in total. The summed E-state index contributed by atoms with van der Waals surface area (Å²) in [5.41, 5.74) is 12.6. The van der Waals surface area contributed by atoms with Crippen LogP contribution in [0.3, 0.4) is 0 Å². The molecule has 2 aromatic rings. The Kier molecular flexibility index (Phi) is 6.44. The lowest BCUT2D eigenvalue weighted by Gasteiger charge is -2.19. The van der Waals surface area contributed by atoms with Crippen molar-refractivity contribution in [2.45, 2.75) is 19.0 Å². The number of likely N-dealkylation sites (tertiary alicyclic amines) is 1. The average Bonchev–Trinajstić information content (AvgIpc) is 2.79. The van der Waals surface area contributed by atoms with Crippen LogP contribution in [0.5, 0.6) is 5.75 Å². The SMILES string of the molecule is COc1cc2ccnc(N)c2cc1CN1CC[C@H](N)C1=O.Cl.Cl. The van der Waals surface area contributed by atoms with Crippen LogP contribution in [0.15, 0.2) is 24.4 Å². The van der Waals surface area contributed by atoms with Gasteiger partial charge in [-0.25, -0.2) is 4.98 Å². The highest BCUT2D eigenvalue weighted by atomic mass is 35.5. The molecule has 126 valence electrons. The van der Waals surface area contributed by atoms with Crippen LogP contribution < -0.4 is 16.2 Å². The van der Waals surface area contributed by atoms with Crippen molar-refractivity contribution < 1.29 is 9.53 Å². The number of ether oxygens (including phenoxy) is 1. The molecule has 0 unspecified atom stereocenters. The highest BCUT2D eigenvalue weighted by Crippen LogP contribution is 2.30. The first-order valence-electron chi connectivity index (χ1n) is 6.85. The van der Waals surface area contributed by atoms with Gasteiger partial charge in [-0.05, 0) is 30.0 Å². The van der Waals surface area contributed by atoms with Crippen molar-refractivity contribution in [2.24, 2.45) is 5.73 Å². The Labute approximate surface area is 147 Å². The minimum atomic E-state index is -0.386. The van der Waals surface area contributed by atoms with Gasteiger partial charge in [-0.3, -0.25) is 4.79 Å². The van der Waals surface area contributed by atoms with Gasteiger partial charge in [0.05, 0.1) is 13.2 Å². The van der Waals surface area contributed by atoms with Crippen LogP contribution in [0.4, 0.5) is 5.82 Å². The normalized spacial score (nSPS) is 16.9. The second-order valence-electron chi connectivity index (χ2n) is 5.24. The molecule has 6 nitrogen and oxygen atoms in total. The summed E-state index contributed by atoms with van der Waals surface area (Å²) in [6.07, 6.45) is 2.36. The van der Waals surface area contributed by atoms with E-state index in [0.717, 1.165) is 22.1 Å². The minimum Gasteiger partial charge on any atom is -0.496 e. The summed E-state index contributed by atoms with van der Waals surface area (Å²) in [5, 5.41) is 1.83. The smallest absolute Gasteiger partial charge is 0.239 e. The predicted octanol–water partition coefficient (Wildman–Crippen LogP) is 1.73. The molecule has 1 saturated heterocycles. The van der Waals surface area contributed by atoms with Gasteiger partial charge in [0.1, 0.15) is 11.6 Å². The van der Waals surface area contributed by atoms with E-state index in [0.29, 0.717) is 25.3 Å². The second kappa shape index (κ2) is 7.68. The van der Waals surface area contributed by atoms with Crippen molar-refractivity contribution in [3.8, 4) is 5.75 Å². The fraction of sp³-hybridized carbons (Fsp3) is 0.333. The molecule has 0 radical (unpaired) electrons. The van der Waals surface area contributed by atoms with Gasteiger partial charge in [0.2, 0.25) is 5.91 Å². The van der Waals surface area contributed by atoms with E-state index < -0.39 is 0 Å². The first-order valence-corrected chi connectivity index (χ1v) is 6.85. The van der Waals surface area contributed by atoms with Gasteiger partial charge >= 0.3 is 0 Å². The summed E-state index contributed by atoms with van der Waals surface area (Å²) >= 11 is 0. The standard InChI is InChI=1S/C15H18N4O2.2ClH/c1-21-13-7-9-2-4-18-14(17)11(9)6-10(13)8-19-5-3-12(16)15(19)20;;/h2,4,6-7,12H,3,5,8,16H2,1H3,(H2,17,18);2*1H/t12-;;/m0../s1. The number of anilines is 1. The third-order valence-corrected chi connectivity index (χ3v) is 3.90. The van der Waals surface area contributed by atoms with Gasteiger partial charge in [-0.15, -0.1) is 24.8 Å². The molecule has 23 heavy (non-hydrogen) atoms. The number of nitrogens with two attached hydrogens (primary N) is 2. The summed E-state index contributed by atoms with van der Waals surface area (Å²) in [6.45, 7) is 1.14. The third-order valence-electron chi connectivity index (χ3n) is 3.90. The van der Waals surface area contributed by atoms with Crippen molar-refractivity contribution in [2.75, 3.05) is 19.4 Å². The predicted molar refractivity (Wildman–Crippen MR) is 95.2 cm³/mol. The van der Waals surface area contributed by atoms with E-state index in [1.807, 2.05) is 18.2 Å². The molecule has 1 aromatic carbocycles. The van der Waals surface area contributed by atoms with Gasteiger partial charge in [-0.2, -0.15) is 0 Å². The number of halogens is 2. The average molecular weight is 359 g/mol. The molecular weight excluding hydrogens is 339 g/mol. The second-order valence-corrected chi connectivity index (χ2v) is 5.24. The van der Waals surface area contributed by atoms with E-state index in [1.165, 1.54) is 0 Å². The number of carbonyl (C=O) groups is 1. The summed E-state index contributed by atoms with van der Waals surface area (Å²) in [7, 11) is 1.62. The molecule has 0 spiro atoms. The van der Waals surface area contributed by atoms with Crippen LogP contribution in [0.25, 0.3) is 10.8 Å². The Morgan fingerprint density at radius 3 is 2.74 bits per heavy atom. The molecule has 3 rings (SSSR count). The molecular formula is C15H20Cl2N4O2. The maximum atomic E-state index is 12.0. The first kappa shape index (κ1) is 19.3. The van der Waals surface area contributed by atoms with Gasteiger partial charge in [0.15, 0.2) is 0 Å². The largest absolute Gasteiger partial charge is 0.496 e. The molecule has 1 atom stereocenters. The third kappa shape index (κ3) is 3.60. The molecule has 0 saturated carbocycles. The summed E-state index contributed by atoms with van der Waals surface area (Å²) in [4.78, 5) is 17.8. The van der Waals surface area contributed by atoms with Gasteiger partial charge in [0.25, 0.3) is 0 Å². The fourth-order valence-corrected chi connectivity index (χ4v) is 2.71. The van der Waals surface area contributed by atoms with E-state index >= 15 is 0 Å². The van der Waals surface area contributed by atoms with Crippen LogP contribution in [0.2, 0.25) is 0 Å². The Bertz CT molecular complexity index is 711. The van der Waals surface area contributed by atoms with E-state index in [2.05, 4.69) is 4.98 Å². The molecule has 1 aliphatic rings. The summed E-state index contributed by atoms with van der Waals surface area (Å²) in [6, 6.07) is 5.36. The van der Waals surface area contributed by atoms with Crippen LogP contribution in [0, 0.1) is 0 Å². The Morgan fingerprint density at radius 2 is 2.13 bits per heavy atom. The Hall–Kier alpha value is -1.76. The Morgan fingerprint density at radius 1 is 1.39 bits per heavy atom. The molecule has 0 bridgehead atoms. The molecule has 1 fully saturated rings. The first-order chi connectivity index (χ1) is 10.1. The minimum absolute atomic E-state index is 0. The van der Waals surface area contributed by atoms with Crippen LogP contribution in [-0.4, -0.2) is 35.5 Å². The quantitative estimate of drug-likeness (QED) is 0.870. The van der Waals surface area contributed by atoms with E-state index in [-0.39, 0.29) is 36.8 Å². The fourth-order valence-electron chi connectivity index (χ4n) is 2.71. The molecule has 1 amide bonds. The van der Waals surface area contributed by atoms with E-state index in [1.54, 1.807) is 18.2 Å². The van der Waals surface area contributed by atoms with Crippen molar-refractivity contribution in [3.05, 3.63) is 30.0 Å². The maximum absolute atomic E-state index is 12.0. The number of pyridine rings is 1. The van der Waals surface area contributed by atoms with E-state index in [9.17, 15) is 4.79 Å². The van der Waals surface area contributed by atoms with Gasteiger partial charge in [0, 0.05) is 30.2 Å². The van der Waals surface area contributed by atoms with Crippen molar-refractivity contribution in [3.63, 3.8) is 0 Å². The van der Waals surface area contributed by atoms with Crippen LogP contribution in [-0.2, 0) is 11.3 Å². The highest BCUT2D eigenvalue weighted by Gasteiger charge is 2.29. The number of nitrogens with zero attached hydrogens (tertiary/aromatic N) is 2. The zero-order chi connectivity index (χ0) is 15.0. The maximum Gasteiger partial charge on any atom is 0.239 e. The zero-order valence-corrected chi connectivity index (χ0v) is 14.3. The Balaban J connectivity index is 0.00000132. The molecule has 0 aliphatic carbocycles. The van der Waals surface area contributed by atoms with Crippen molar-refractivity contribution in [1.29, 1.82) is 0 Å². The summed E-state index contributed by atoms with van der Waals surface area (Å²) in [5.74, 6) is 1.19. The number of hydrogen-bond donors (Lipinski definition) is 2. The number of amides is 1. The number of methoxy groups -OCH3 is 1. The molecule has 8 heteroatoms. The summed E-state index contributed by atoms with van der Waals surface area (Å²) < 4.78 is 5.44. The molecule has 1 aliphatic heterocycles. The number of carbonyl (C=O) groups excluding carboxylic acids is 1. The number of hydrogen-bond acceptors (Lipinski definition) is 5. The lowest BCUT2D eigenvalue weighted by Crippen LogP contribution is -2.33. The van der Waals surface area contributed by atoms with Gasteiger partial charge in [-0.1, -0.05) is 0 Å². The molecule has 2 heterocycles. The van der Waals surface area contributed by atoms with Crippen molar-refractivity contribution in [1.82, 2.24) is 9.88 Å². The van der Waals surface area contributed by atoms with Crippen LogP contribution >= 0.6 is 24.8 Å². The van der Waals surface area contributed by atoms with Crippen LogP contribution in [0.1, 0.15) is 12.0 Å². The number of rotatable bonds is 3. The number of fused-ring (bicyclic) bond motifs is 1. The van der Waals surface area contributed by atoms with E-state index in [4.69, 9.17) is 16.2 Å². The topological polar surface area (TPSA) is 94.5 Å². The number of benzene rings is 1. The lowest BCUT2D eigenvalue weighted by molar-refractivity contribution is -0.129. The zero-order valence-electron chi connectivity index (χ0n) is 12.7. The number of aromatic nitrogens is 1. The monoisotopic (exact) mass is 358 g/mol. The van der Waals surface area contributed by atoms with Crippen molar-refractivity contribution >= 4 is 47.3 Å². The van der Waals surface area contributed by atoms with Gasteiger partial charge < -0.3 is 21.1 Å².